The molecule has 1 saturated heterocycles. The Morgan fingerprint density at radius 3 is 1.27 bits per heavy atom. The predicted octanol–water partition coefficient (Wildman–Crippen LogP) is 12.3. The van der Waals surface area contributed by atoms with Crippen molar-refractivity contribution >= 4 is 5.91 Å². The molecule has 1 amide bonds. The number of rotatable bonds is 50. The summed E-state index contributed by atoms with van der Waals surface area (Å²) in [6.45, 7) is 3.45. The Morgan fingerprint density at radius 1 is 0.486 bits per heavy atom. The first kappa shape index (κ1) is 66.3. The summed E-state index contributed by atoms with van der Waals surface area (Å²) in [6.07, 6.45) is 47.8. The van der Waals surface area contributed by atoms with Gasteiger partial charge >= 0.3 is 0 Å². The van der Waals surface area contributed by atoms with Crippen molar-refractivity contribution in [2.45, 2.75) is 319 Å². The summed E-state index contributed by atoms with van der Waals surface area (Å²) in [4.78, 5) is 13.2. The van der Waals surface area contributed by atoms with E-state index in [1.807, 2.05) is 0 Å². The predicted molar refractivity (Wildman–Crippen MR) is 289 cm³/mol. The SMILES string of the molecule is CCCCCCCCCCC/C=C\CCCCCCC(O)C(=O)NC(COC1OC(CO)C(O)C(O)C1O)C(O)C(O)CCC/C=C/CC/C=C/CCCCCCCCCCCCCCCCCCC. The van der Waals surface area contributed by atoms with Gasteiger partial charge in [-0.2, -0.15) is 0 Å². The van der Waals surface area contributed by atoms with Gasteiger partial charge in [-0.3, -0.25) is 4.79 Å². The van der Waals surface area contributed by atoms with E-state index in [0.29, 0.717) is 19.3 Å². The molecule has 1 rings (SSSR count). The standard InChI is InChI=1S/C59H111NO10/c1-3-5-7-9-11-13-15-17-19-21-22-23-24-25-26-27-28-29-31-32-34-36-38-40-42-44-46-51(62)54(64)50(49-69-59-57(67)56(66)55(65)53(48-61)70-59)60-58(68)52(63)47-45-43-41-39-37-35-33-30-20-18-16-14-12-10-8-6-4-2/h31-33,35,38,40,50-57,59,61-67H,3-30,34,36-37,39,41-49H2,1-2H3,(H,60,68)/b32-31+,35-33-,40-38+. The number of hydrogen-bond acceptors (Lipinski definition) is 10. The van der Waals surface area contributed by atoms with Gasteiger partial charge in [0.1, 0.15) is 36.6 Å². The largest absolute Gasteiger partial charge is 0.394 e. The fraction of sp³-hybridized carbons (Fsp3) is 0.881. The Kier molecular flexibility index (Phi) is 45.8. The van der Waals surface area contributed by atoms with Gasteiger partial charge < -0.3 is 50.5 Å². The second-order valence-corrected chi connectivity index (χ2v) is 20.7. The molecule has 9 unspecified atom stereocenters. The van der Waals surface area contributed by atoms with Crippen molar-refractivity contribution < 1.29 is 50.0 Å². The number of amides is 1. The van der Waals surface area contributed by atoms with Gasteiger partial charge in [0.15, 0.2) is 6.29 Å². The molecular weight excluding hydrogens is 883 g/mol. The first-order valence-corrected chi connectivity index (χ1v) is 29.4. The summed E-state index contributed by atoms with van der Waals surface area (Å²) in [5, 5.41) is 76.1. The number of allylic oxidation sites excluding steroid dienone is 6. The minimum Gasteiger partial charge on any atom is -0.394 e. The van der Waals surface area contributed by atoms with E-state index in [-0.39, 0.29) is 12.8 Å². The lowest BCUT2D eigenvalue weighted by molar-refractivity contribution is -0.303. The van der Waals surface area contributed by atoms with Gasteiger partial charge in [-0.15, -0.1) is 0 Å². The van der Waals surface area contributed by atoms with E-state index in [4.69, 9.17) is 9.47 Å². The van der Waals surface area contributed by atoms with E-state index in [1.165, 1.54) is 167 Å². The van der Waals surface area contributed by atoms with Gasteiger partial charge in [0, 0.05) is 0 Å². The summed E-state index contributed by atoms with van der Waals surface area (Å²) in [5.41, 5.74) is 0. The van der Waals surface area contributed by atoms with Crippen LogP contribution in [0.5, 0.6) is 0 Å². The summed E-state index contributed by atoms with van der Waals surface area (Å²) in [6, 6.07) is -1.20. The van der Waals surface area contributed by atoms with E-state index < -0.39 is 74.2 Å². The van der Waals surface area contributed by atoms with Crippen LogP contribution < -0.4 is 5.32 Å². The molecule has 412 valence electrons. The highest BCUT2D eigenvalue weighted by Gasteiger charge is 2.44. The third kappa shape index (κ3) is 36.3. The number of carbonyl (C=O) groups is 1. The molecule has 0 radical (unpaired) electrons. The smallest absolute Gasteiger partial charge is 0.249 e. The Hall–Kier alpha value is -1.67. The topological polar surface area (TPSA) is 189 Å². The maximum absolute atomic E-state index is 13.2. The number of aliphatic hydroxyl groups is 7. The molecule has 0 aliphatic carbocycles. The van der Waals surface area contributed by atoms with Crippen LogP contribution in [0.15, 0.2) is 36.5 Å². The van der Waals surface area contributed by atoms with Crippen LogP contribution in [-0.2, 0) is 14.3 Å². The van der Waals surface area contributed by atoms with Crippen LogP contribution in [0.3, 0.4) is 0 Å². The molecule has 1 fully saturated rings. The molecule has 8 N–H and O–H groups in total. The monoisotopic (exact) mass is 994 g/mol. The molecule has 9 atom stereocenters. The number of nitrogens with one attached hydrogen (secondary N) is 1. The Morgan fingerprint density at radius 2 is 0.857 bits per heavy atom. The van der Waals surface area contributed by atoms with Crippen molar-refractivity contribution in [2.75, 3.05) is 13.2 Å². The normalized spacial score (nSPS) is 20.5. The summed E-state index contributed by atoms with van der Waals surface area (Å²) >= 11 is 0. The van der Waals surface area contributed by atoms with Gasteiger partial charge in [0.2, 0.25) is 5.91 Å². The fourth-order valence-corrected chi connectivity index (χ4v) is 9.34. The highest BCUT2D eigenvalue weighted by Crippen LogP contribution is 2.23. The number of unbranched alkanes of at least 4 members (excludes halogenated alkanes) is 32. The Balaban J connectivity index is 2.34. The van der Waals surface area contributed by atoms with E-state index in [9.17, 15) is 40.5 Å². The van der Waals surface area contributed by atoms with Gasteiger partial charge in [0.05, 0.1) is 25.4 Å². The summed E-state index contributed by atoms with van der Waals surface area (Å²) in [7, 11) is 0. The number of hydrogen-bond donors (Lipinski definition) is 8. The van der Waals surface area contributed by atoms with Crippen LogP contribution in [0, 0.1) is 0 Å². The van der Waals surface area contributed by atoms with Gasteiger partial charge in [0.25, 0.3) is 0 Å². The highest BCUT2D eigenvalue weighted by molar-refractivity contribution is 5.80. The molecule has 11 nitrogen and oxygen atoms in total. The fourth-order valence-electron chi connectivity index (χ4n) is 9.34. The molecule has 70 heavy (non-hydrogen) atoms. The van der Waals surface area contributed by atoms with Crippen molar-refractivity contribution in [3.63, 3.8) is 0 Å². The Bertz CT molecular complexity index is 1230. The van der Waals surface area contributed by atoms with Crippen molar-refractivity contribution in [2.24, 2.45) is 0 Å². The quantitative estimate of drug-likeness (QED) is 0.0215. The third-order valence-corrected chi connectivity index (χ3v) is 14.1. The van der Waals surface area contributed by atoms with E-state index in [1.54, 1.807) is 0 Å². The molecule has 0 spiro atoms. The maximum atomic E-state index is 13.2. The molecule has 0 saturated carbocycles. The van der Waals surface area contributed by atoms with Gasteiger partial charge in [-0.05, 0) is 77.0 Å². The third-order valence-electron chi connectivity index (χ3n) is 14.1. The molecule has 1 aliphatic heterocycles. The van der Waals surface area contributed by atoms with Crippen LogP contribution in [0.2, 0.25) is 0 Å². The lowest BCUT2D eigenvalue weighted by atomic mass is 9.98. The van der Waals surface area contributed by atoms with Crippen molar-refractivity contribution in [3.8, 4) is 0 Å². The average molecular weight is 995 g/mol. The van der Waals surface area contributed by atoms with Crippen LogP contribution in [0.25, 0.3) is 0 Å². The number of carbonyl (C=O) groups excluding carboxylic acids is 1. The number of aliphatic hydroxyl groups excluding tert-OH is 7. The molecule has 0 aromatic heterocycles. The summed E-state index contributed by atoms with van der Waals surface area (Å²) in [5.74, 6) is -0.717. The van der Waals surface area contributed by atoms with Crippen LogP contribution in [-0.4, -0.2) is 110 Å². The first-order valence-electron chi connectivity index (χ1n) is 29.4. The molecule has 1 aliphatic rings. The molecule has 11 heteroatoms. The zero-order valence-electron chi connectivity index (χ0n) is 45.0. The number of ether oxygens (including phenoxy) is 2. The lowest BCUT2D eigenvalue weighted by Crippen LogP contribution is -2.60. The van der Waals surface area contributed by atoms with Crippen LogP contribution in [0.4, 0.5) is 0 Å². The van der Waals surface area contributed by atoms with Crippen molar-refractivity contribution in [1.82, 2.24) is 5.32 Å². The minimum atomic E-state index is -1.67. The lowest BCUT2D eigenvalue weighted by Gasteiger charge is -2.40. The second kappa shape index (κ2) is 48.3. The van der Waals surface area contributed by atoms with Gasteiger partial charge in [-0.25, -0.2) is 0 Å². The maximum Gasteiger partial charge on any atom is 0.249 e. The molecule has 0 aromatic rings. The first-order chi connectivity index (χ1) is 34.2. The van der Waals surface area contributed by atoms with E-state index in [2.05, 4.69) is 55.6 Å². The van der Waals surface area contributed by atoms with E-state index >= 15 is 0 Å². The zero-order chi connectivity index (χ0) is 51.1. The summed E-state index contributed by atoms with van der Waals surface area (Å²) < 4.78 is 11.1. The van der Waals surface area contributed by atoms with E-state index in [0.717, 1.165) is 51.4 Å². The second-order valence-electron chi connectivity index (χ2n) is 20.7. The molecular formula is C59H111NO10. The molecule has 0 aromatic carbocycles. The van der Waals surface area contributed by atoms with Crippen molar-refractivity contribution in [1.29, 1.82) is 0 Å². The highest BCUT2D eigenvalue weighted by atomic mass is 16.7. The molecule has 1 heterocycles. The van der Waals surface area contributed by atoms with Crippen LogP contribution >= 0.6 is 0 Å². The molecule has 0 bridgehead atoms. The van der Waals surface area contributed by atoms with Crippen LogP contribution in [0.1, 0.15) is 264 Å². The van der Waals surface area contributed by atoms with Crippen molar-refractivity contribution in [3.05, 3.63) is 36.5 Å². The zero-order valence-corrected chi connectivity index (χ0v) is 45.0. The van der Waals surface area contributed by atoms with Gasteiger partial charge in [-0.1, -0.05) is 224 Å². The average Bonchev–Trinajstić information content (AvgIpc) is 3.36. The minimum absolute atomic E-state index is 0.237. The Labute approximate surface area is 428 Å².